The number of nitrogens with one attached hydrogen (secondary N) is 1. The second kappa shape index (κ2) is 7.59. The molecule has 5 nitrogen and oxygen atoms in total. The number of benzene rings is 1. The van der Waals surface area contributed by atoms with Gasteiger partial charge in [0.15, 0.2) is 5.60 Å². The number of thiazole rings is 1. The van der Waals surface area contributed by atoms with Gasteiger partial charge in [-0.2, -0.15) is 0 Å². The molecule has 1 aromatic heterocycles. The van der Waals surface area contributed by atoms with E-state index in [1.54, 1.807) is 29.5 Å². The zero-order valence-electron chi connectivity index (χ0n) is 14.2. The summed E-state index contributed by atoms with van der Waals surface area (Å²) in [4.78, 5) is 18.6. The number of aliphatic hydroxyl groups is 1. The molecule has 2 N–H and O–H groups in total. The van der Waals surface area contributed by atoms with Crippen molar-refractivity contribution in [3.05, 3.63) is 51.7 Å². The van der Waals surface area contributed by atoms with E-state index in [9.17, 15) is 14.3 Å². The standard InChI is InChI=1S/C18H22FN3O2S/c1-13-11-25-16(21-13)9-20-12-18(24)7-4-8-22(17(18)23)10-14-5-2-3-6-15(14)19/h2-3,5-6,11,20,24H,4,7-10,12H2,1H3. The molecule has 2 aromatic rings. The molecule has 1 atom stereocenters. The van der Waals surface area contributed by atoms with Crippen LogP contribution in [0.3, 0.4) is 0 Å². The van der Waals surface area contributed by atoms with Gasteiger partial charge in [0, 0.05) is 42.8 Å². The van der Waals surface area contributed by atoms with Crippen LogP contribution in [0.5, 0.6) is 0 Å². The van der Waals surface area contributed by atoms with E-state index in [-0.39, 0.29) is 24.8 Å². The van der Waals surface area contributed by atoms with Crippen LogP contribution in [0.25, 0.3) is 0 Å². The molecule has 0 radical (unpaired) electrons. The van der Waals surface area contributed by atoms with Gasteiger partial charge in [-0.1, -0.05) is 18.2 Å². The highest BCUT2D eigenvalue weighted by molar-refractivity contribution is 7.09. The van der Waals surface area contributed by atoms with E-state index >= 15 is 0 Å². The number of carbonyl (C=O) groups excluding carboxylic acids is 1. The van der Waals surface area contributed by atoms with Crippen LogP contribution in [0.4, 0.5) is 4.39 Å². The topological polar surface area (TPSA) is 65.5 Å². The molecule has 1 unspecified atom stereocenters. The molecule has 1 aliphatic heterocycles. The molecule has 1 amide bonds. The van der Waals surface area contributed by atoms with Crippen molar-refractivity contribution in [3.63, 3.8) is 0 Å². The first-order chi connectivity index (χ1) is 12.0. The summed E-state index contributed by atoms with van der Waals surface area (Å²) in [6.45, 7) is 3.32. The number of piperidine rings is 1. The molecular formula is C18H22FN3O2S. The maximum atomic E-state index is 13.8. The van der Waals surface area contributed by atoms with E-state index in [1.165, 1.54) is 11.0 Å². The van der Waals surface area contributed by atoms with Crippen LogP contribution in [-0.4, -0.2) is 39.6 Å². The van der Waals surface area contributed by atoms with Crippen molar-refractivity contribution in [2.24, 2.45) is 0 Å². The van der Waals surface area contributed by atoms with Gasteiger partial charge in [0.1, 0.15) is 10.8 Å². The molecule has 0 saturated carbocycles. The van der Waals surface area contributed by atoms with E-state index in [2.05, 4.69) is 10.3 Å². The van der Waals surface area contributed by atoms with Gasteiger partial charge in [0.05, 0.1) is 0 Å². The van der Waals surface area contributed by atoms with Crippen LogP contribution >= 0.6 is 11.3 Å². The SMILES string of the molecule is Cc1csc(CNCC2(O)CCCN(Cc3ccccc3F)C2=O)n1. The normalized spacial score (nSPS) is 20.9. The lowest BCUT2D eigenvalue weighted by molar-refractivity contribution is -0.157. The number of hydrogen-bond acceptors (Lipinski definition) is 5. The second-order valence-corrected chi connectivity index (χ2v) is 7.38. The largest absolute Gasteiger partial charge is 0.379 e. The molecule has 1 aliphatic rings. The third kappa shape index (κ3) is 4.23. The zero-order chi connectivity index (χ0) is 17.9. The summed E-state index contributed by atoms with van der Waals surface area (Å²) in [6, 6.07) is 6.42. The summed E-state index contributed by atoms with van der Waals surface area (Å²) >= 11 is 1.55. The number of aromatic nitrogens is 1. The van der Waals surface area contributed by atoms with E-state index in [0.717, 1.165) is 10.7 Å². The van der Waals surface area contributed by atoms with Gasteiger partial charge in [-0.3, -0.25) is 4.79 Å². The van der Waals surface area contributed by atoms with Crippen LogP contribution < -0.4 is 5.32 Å². The molecule has 0 aliphatic carbocycles. The number of hydrogen-bond donors (Lipinski definition) is 2. The number of carbonyl (C=O) groups is 1. The quantitative estimate of drug-likeness (QED) is 0.826. The smallest absolute Gasteiger partial charge is 0.256 e. The van der Waals surface area contributed by atoms with Crippen molar-refractivity contribution in [1.82, 2.24) is 15.2 Å². The molecule has 1 fully saturated rings. The van der Waals surface area contributed by atoms with Crippen LogP contribution in [0, 0.1) is 12.7 Å². The summed E-state index contributed by atoms with van der Waals surface area (Å²) in [5.74, 6) is -0.675. The lowest BCUT2D eigenvalue weighted by Crippen LogP contribution is -2.57. The highest BCUT2D eigenvalue weighted by Crippen LogP contribution is 2.24. The minimum absolute atomic E-state index is 0.165. The van der Waals surface area contributed by atoms with Crippen LogP contribution in [0.2, 0.25) is 0 Å². The summed E-state index contributed by atoms with van der Waals surface area (Å²) in [7, 11) is 0. The summed E-state index contributed by atoms with van der Waals surface area (Å²) in [5.41, 5.74) is -0.0212. The monoisotopic (exact) mass is 363 g/mol. The van der Waals surface area contributed by atoms with Gasteiger partial charge in [0.2, 0.25) is 0 Å². The maximum absolute atomic E-state index is 13.8. The Morgan fingerprint density at radius 1 is 1.44 bits per heavy atom. The van der Waals surface area contributed by atoms with Gasteiger partial charge < -0.3 is 15.3 Å². The van der Waals surface area contributed by atoms with Crippen LogP contribution in [-0.2, 0) is 17.9 Å². The molecule has 1 saturated heterocycles. The summed E-state index contributed by atoms with van der Waals surface area (Å²) in [6.07, 6.45) is 1.10. The molecule has 3 rings (SSSR count). The van der Waals surface area contributed by atoms with E-state index in [1.807, 2.05) is 12.3 Å². The van der Waals surface area contributed by atoms with Crippen molar-refractivity contribution >= 4 is 17.2 Å². The summed E-state index contributed by atoms with van der Waals surface area (Å²) < 4.78 is 13.8. The average molecular weight is 363 g/mol. The first kappa shape index (κ1) is 18.0. The molecule has 134 valence electrons. The minimum atomic E-state index is -1.45. The highest BCUT2D eigenvalue weighted by atomic mass is 32.1. The van der Waals surface area contributed by atoms with Gasteiger partial charge >= 0.3 is 0 Å². The van der Waals surface area contributed by atoms with Crippen molar-refractivity contribution in [2.45, 2.75) is 38.5 Å². The van der Waals surface area contributed by atoms with Crippen LogP contribution in [0.1, 0.15) is 29.1 Å². The predicted octanol–water partition coefficient (Wildman–Crippen LogP) is 2.23. The highest BCUT2D eigenvalue weighted by Gasteiger charge is 2.41. The van der Waals surface area contributed by atoms with Gasteiger partial charge in [-0.15, -0.1) is 11.3 Å². The second-order valence-electron chi connectivity index (χ2n) is 6.44. The molecule has 0 bridgehead atoms. The fourth-order valence-electron chi connectivity index (χ4n) is 3.07. The zero-order valence-corrected chi connectivity index (χ0v) is 15.0. The number of nitrogens with zero attached hydrogens (tertiary/aromatic N) is 2. The molecule has 7 heteroatoms. The van der Waals surface area contributed by atoms with Crippen molar-refractivity contribution in [3.8, 4) is 0 Å². The van der Waals surface area contributed by atoms with Crippen LogP contribution in [0.15, 0.2) is 29.6 Å². The Labute approximate surface area is 150 Å². The van der Waals surface area contributed by atoms with E-state index in [0.29, 0.717) is 31.5 Å². The third-order valence-electron chi connectivity index (χ3n) is 4.38. The number of likely N-dealkylation sites (tertiary alicyclic amines) is 1. The average Bonchev–Trinajstić information content (AvgIpc) is 2.99. The fraction of sp³-hybridized carbons (Fsp3) is 0.444. The number of rotatable bonds is 6. The molecule has 1 aromatic carbocycles. The fourth-order valence-corrected chi connectivity index (χ4v) is 3.81. The van der Waals surface area contributed by atoms with Gasteiger partial charge in [-0.25, -0.2) is 9.37 Å². The Morgan fingerprint density at radius 3 is 2.96 bits per heavy atom. The van der Waals surface area contributed by atoms with E-state index < -0.39 is 5.60 Å². The van der Waals surface area contributed by atoms with E-state index in [4.69, 9.17) is 0 Å². The number of halogens is 1. The Kier molecular flexibility index (Phi) is 5.46. The molecule has 25 heavy (non-hydrogen) atoms. The number of amides is 1. The van der Waals surface area contributed by atoms with Crippen molar-refractivity contribution in [2.75, 3.05) is 13.1 Å². The lowest BCUT2D eigenvalue weighted by Gasteiger charge is -2.38. The first-order valence-electron chi connectivity index (χ1n) is 8.35. The molecule has 0 spiro atoms. The van der Waals surface area contributed by atoms with Gasteiger partial charge in [-0.05, 0) is 25.8 Å². The predicted molar refractivity (Wildman–Crippen MR) is 94.6 cm³/mol. The minimum Gasteiger partial charge on any atom is -0.379 e. The lowest BCUT2D eigenvalue weighted by atomic mass is 9.91. The Bertz CT molecular complexity index is 751. The Morgan fingerprint density at radius 2 is 2.24 bits per heavy atom. The Balaban J connectivity index is 1.61. The Hall–Kier alpha value is -1.83. The van der Waals surface area contributed by atoms with Crippen molar-refractivity contribution in [1.29, 1.82) is 0 Å². The molecular weight excluding hydrogens is 341 g/mol. The van der Waals surface area contributed by atoms with Gasteiger partial charge in [0.25, 0.3) is 5.91 Å². The summed E-state index contributed by atoms with van der Waals surface area (Å²) in [5, 5.41) is 16.8. The molecule has 2 heterocycles. The first-order valence-corrected chi connectivity index (χ1v) is 9.23. The maximum Gasteiger partial charge on any atom is 0.256 e. The third-order valence-corrected chi connectivity index (χ3v) is 5.35. The van der Waals surface area contributed by atoms with Crippen molar-refractivity contribution < 1.29 is 14.3 Å². The number of aryl methyl sites for hydroxylation is 1.